The van der Waals surface area contributed by atoms with E-state index < -0.39 is 16.1 Å². The van der Waals surface area contributed by atoms with Gasteiger partial charge in [-0.05, 0) is 36.7 Å². The van der Waals surface area contributed by atoms with Crippen molar-refractivity contribution < 1.29 is 48.8 Å². The largest absolute Gasteiger partial charge is 0.357 e. The second kappa shape index (κ2) is 8.70. The molecular formula is C19H31N3O3SY. The Hall–Kier alpha value is -0.786. The zero-order valence-electron chi connectivity index (χ0n) is 16.2. The van der Waals surface area contributed by atoms with Crippen LogP contribution in [0, 0.1) is 11.3 Å². The maximum absolute atomic E-state index is 12.5. The van der Waals surface area contributed by atoms with Crippen LogP contribution in [-0.4, -0.2) is 33.3 Å². The fourth-order valence-corrected chi connectivity index (χ4v) is 5.14. The zero-order valence-corrected chi connectivity index (χ0v) is 19.8. The van der Waals surface area contributed by atoms with Gasteiger partial charge in [-0.3, -0.25) is 14.5 Å². The molecule has 1 radical (unpaired) electrons. The molecule has 149 valence electrons. The van der Waals surface area contributed by atoms with Crippen molar-refractivity contribution in [1.82, 2.24) is 10.0 Å². The Balaban J connectivity index is 0.00000261. The molecule has 0 saturated heterocycles. The molecule has 2 N–H and O–H groups in total. The second-order valence-corrected chi connectivity index (χ2v) is 9.44. The van der Waals surface area contributed by atoms with Crippen molar-refractivity contribution in [3.63, 3.8) is 0 Å². The van der Waals surface area contributed by atoms with Crippen LogP contribution in [0.3, 0.4) is 0 Å². The third kappa shape index (κ3) is 4.98. The SMILES string of the molecule is CNC(=O)[C@H](CC1(C)CCCC1)N=C1NS(=O)(=O)C2=C1C=CC(C)C=C2.[HH].[HH].[Y]. The van der Waals surface area contributed by atoms with Gasteiger partial charge >= 0.3 is 0 Å². The van der Waals surface area contributed by atoms with E-state index in [0.717, 1.165) is 12.8 Å². The molecule has 0 aromatic carbocycles. The maximum Gasteiger partial charge on any atom is 0.263 e. The monoisotopic (exact) mass is 470 g/mol. The van der Waals surface area contributed by atoms with Crippen molar-refractivity contribution >= 4 is 21.8 Å². The molecule has 1 saturated carbocycles. The summed E-state index contributed by atoms with van der Waals surface area (Å²) in [5, 5.41) is 2.67. The topological polar surface area (TPSA) is 87.6 Å². The second-order valence-electron chi connectivity index (χ2n) is 7.79. The predicted molar refractivity (Wildman–Crippen MR) is 107 cm³/mol. The minimum atomic E-state index is -3.63. The van der Waals surface area contributed by atoms with Crippen LogP contribution in [0.5, 0.6) is 0 Å². The Kier molecular flexibility index (Phi) is 7.25. The number of carbonyl (C=O) groups is 1. The fraction of sp³-hybridized carbons (Fsp3) is 0.579. The van der Waals surface area contributed by atoms with Gasteiger partial charge in [-0.1, -0.05) is 44.9 Å². The van der Waals surface area contributed by atoms with Gasteiger partial charge in [-0.2, -0.15) is 0 Å². The number of hydrogen-bond donors (Lipinski definition) is 2. The van der Waals surface area contributed by atoms with Crippen LogP contribution < -0.4 is 10.0 Å². The number of amidine groups is 1. The smallest absolute Gasteiger partial charge is 0.263 e. The van der Waals surface area contributed by atoms with Gasteiger partial charge in [0, 0.05) is 48.2 Å². The average Bonchev–Trinajstić information content (AvgIpc) is 3.02. The number of allylic oxidation sites excluding steroid dienone is 3. The van der Waals surface area contributed by atoms with Gasteiger partial charge in [0.1, 0.15) is 11.9 Å². The first kappa shape index (κ1) is 22.5. The molecule has 1 aliphatic heterocycles. The maximum atomic E-state index is 12.5. The van der Waals surface area contributed by atoms with Gasteiger partial charge in [0.15, 0.2) is 0 Å². The Labute approximate surface area is 189 Å². The standard InChI is InChI=1S/C19H27N3O3S.Y.2H2/c1-13-6-8-14-16(9-7-13)26(24,25)22-17(14)21-15(18(23)20-3)12-19(2)10-4-5-11-19;;;/h6-9,13,15H,4-5,10-12H2,1-3H3,(H,20,23)(H,21,22);;2*1H/t13?,15-;;;/m0.../s1. The van der Waals surface area contributed by atoms with Crippen molar-refractivity contribution in [3.05, 3.63) is 34.8 Å². The Morgan fingerprint density at radius 1 is 1.37 bits per heavy atom. The Morgan fingerprint density at radius 2 is 2.00 bits per heavy atom. The van der Waals surface area contributed by atoms with Crippen LogP contribution >= 0.6 is 0 Å². The van der Waals surface area contributed by atoms with Crippen LogP contribution in [0.15, 0.2) is 39.8 Å². The normalized spacial score (nSPS) is 27.5. The number of likely N-dealkylation sites (N-methyl/N-ethyl adjacent to an activating group) is 1. The molecule has 2 aliphatic carbocycles. The summed E-state index contributed by atoms with van der Waals surface area (Å²) < 4.78 is 27.4. The van der Waals surface area contributed by atoms with E-state index in [4.69, 9.17) is 0 Å². The van der Waals surface area contributed by atoms with E-state index in [1.165, 1.54) is 12.8 Å². The van der Waals surface area contributed by atoms with Gasteiger partial charge < -0.3 is 5.32 Å². The molecule has 2 atom stereocenters. The molecule has 3 rings (SSSR count). The minimum absolute atomic E-state index is 0. The fourth-order valence-electron chi connectivity index (χ4n) is 3.91. The summed E-state index contributed by atoms with van der Waals surface area (Å²) in [6, 6.07) is -0.606. The molecule has 3 aliphatic rings. The molecule has 6 nitrogen and oxygen atoms in total. The van der Waals surface area contributed by atoms with Crippen LogP contribution in [0.25, 0.3) is 0 Å². The van der Waals surface area contributed by atoms with Crippen LogP contribution in [-0.2, 0) is 47.5 Å². The van der Waals surface area contributed by atoms with E-state index in [1.54, 1.807) is 19.2 Å². The first-order valence-corrected chi connectivity index (χ1v) is 10.7. The molecule has 1 unspecified atom stereocenters. The molecule has 1 amide bonds. The molecule has 1 fully saturated rings. The van der Waals surface area contributed by atoms with Crippen molar-refractivity contribution in [3.8, 4) is 0 Å². The number of rotatable bonds is 4. The molecule has 27 heavy (non-hydrogen) atoms. The van der Waals surface area contributed by atoms with Gasteiger partial charge in [0.25, 0.3) is 10.0 Å². The van der Waals surface area contributed by atoms with Gasteiger partial charge in [-0.25, -0.2) is 8.42 Å². The number of nitrogens with one attached hydrogen (secondary N) is 2. The molecule has 8 heteroatoms. The molecule has 0 spiro atoms. The van der Waals surface area contributed by atoms with E-state index in [1.807, 2.05) is 19.1 Å². The third-order valence-corrected chi connectivity index (χ3v) is 6.89. The van der Waals surface area contributed by atoms with Gasteiger partial charge in [0.2, 0.25) is 5.91 Å². The summed E-state index contributed by atoms with van der Waals surface area (Å²) in [6.07, 6.45) is 12.3. The van der Waals surface area contributed by atoms with Crippen molar-refractivity contribution in [2.75, 3.05) is 7.05 Å². The minimum Gasteiger partial charge on any atom is -0.357 e. The summed E-state index contributed by atoms with van der Waals surface area (Å²) in [6.45, 7) is 4.18. The molecule has 0 aromatic heterocycles. The Morgan fingerprint density at radius 3 is 2.63 bits per heavy atom. The van der Waals surface area contributed by atoms with Crippen LogP contribution in [0.2, 0.25) is 0 Å². The number of carbonyl (C=O) groups excluding carboxylic acids is 1. The number of sulfonamides is 1. The van der Waals surface area contributed by atoms with E-state index in [0.29, 0.717) is 12.0 Å². The number of aliphatic imine (C=N–C) groups is 1. The van der Waals surface area contributed by atoms with E-state index >= 15 is 0 Å². The molecule has 0 bridgehead atoms. The van der Waals surface area contributed by atoms with Crippen LogP contribution in [0.4, 0.5) is 0 Å². The summed E-state index contributed by atoms with van der Waals surface area (Å²) in [7, 11) is -2.05. The Bertz CT molecular complexity index is 832. The van der Waals surface area contributed by atoms with E-state index in [9.17, 15) is 13.2 Å². The summed E-state index contributed by atoms with van der Waals surface area (Å²) in [5.74, 6) is 0.231. The third-order valence-electron chi connectivity index (χ3n) is 5.49. The summed E-state index contributed by atoms with van der Waals surface area (Å²) in [5.41, 5.74) is 0.611. The molecule has 1 heterocycles. The first-order valence-electron chi connectivity index (χ1n) is 9.17. The van der Waals surface area contributed by atoms with E-state index in [-0.39, 0.29) is 63.5 Å². The number of nitrogens with zero attached hydrogens (tertiary/aromatic N) is 1. The zero-order chi connectivity index (χ0) is 18.9. The van der Waals surface area contributed by atoms with Crippen molar-refractivity contribution in [2.45, 2.75) is 52.0 Å². The summed E-state index contributed by atoms with van der Waals surface area (Å²) >= 11 is 0. The van der Waals surface area contributed by atoms with Crippen molar-refractivity contribution in [2.24, 2.45) is 16.3 Å². The van der Waals surface area contributed by atoms with E-state index in [2.05, 4.69) is 22.0 Å². The first-order chi connectivity index (χ1) is 12.2. The average molecular weight is 470 g/mol. The quantitative estimate of drug-likeness (QED) is 0.663. The number of amides is 1. The molecular weight excluding hydrogens is 439 g/mol. The van der Waals surface area contributed by atoms with Gasteiger partial charge in [-0.15, -0.1) is 0 Å². The summed E-state index contributed by atoms with van der Waals surface area (Å²) in [4.78, 5) is 17.2. The molecule has 0 aromatic rings. The van der Waals surface area contributed by atoms with Crippen molar-refractivity contribution in [1.29, 1.82) is 0 Å². The van der Waals surface area contributed by atoms with Crippen LogP contribution in [0.1, 0.15) is 48.8 Å². The predicted octanol–water partition coefficient (Wildman–Crippen LogP) is 2.91. The van der Waals surface area contributed by atoms with Gasteiger partial charge in [0.05, 0.1) is 4.91 Å². The number of hydrogen-bond acceptors (Lipinski definition) is 4.